The molecule has 0 radical (unpaired) electrons. The van der Waals surface area contributed by atoms with Crippen LogP contribution in [0.15, 0.2) is 18.2 Å². The summed E-state index contributed by atoms with van der Waals surface area (Å²) in [5.41, 5.74) is -1.79. The van der Waals surface area contributed by atoms with Crippen molar-refractivity contribution in [2.45, 2.75) is 25.9 Å². The van der Waals surface area contributed by atoms with Crippen molar-refractivity contribution in [1.82, 2.24) is 5.32 Å². The normalized spacial score (nSPS) is 13.7. The summed E-state index contributed by atoms with van der Waals surface area (Å²) < 4.78 is 13.5. The van der Waals surface area contributed by atoms with Crippen LogP contribution in [0.4, 0.5) is 10.1 Å². The van der Waals surface area contributed by atoms with Gasteiger partial charge in [0.05, 0.1) is 22.2 Å². The van der Waals surface area contributed by atoms with Gasteiger partial charge in [0.2, 0.25) is 0 Å². The zero-order valence-electron chi connectivity index (χ0n) is 10.6. The number of hydrogen-bond acceptors (Lipinski definition) is 4. The summed E-state index contributed by atoms with van der Waals surface area (Å²) in [7, 11) is 0. The van der Waals surface area contributed by atoms with Crippen LogP contribution in [0.2, 0.25) is 0 Å². The van der Waals surface area contributed by atoms with E-state index < -0.39 is 27.9 Å². The number of amides is 1. The van der Waals surface area contributed by atoms with Crippen LogP contribution in [0.25, 0.3) is 0 Å². The molecule has 6 nitrogen and oxygen atoms in total. The summed E-state index contributed by atoms with van der Waals surface area (Å²) in [6, 6.07) is 2.78. The second-order valence-corrected chi connectivity index (χ2v) is 4.45. The number of rotatable bonds is 5. The summed E-state index contributed by atoms with van der Waals surface area (Å²) in [5.74, 6) is -1.69. The second-order valence-electron chi connectivity index (χ2n) is 4.45. The van der Waals surface area contributed by atoms with Crippen molar-refractivity contribution in [2.75, 3.05) is 6.54 Å². The summed E-state index contributed by atoms with van der Waals surface area (Å²) >= 11 is 0. The maximum Gasteiger partial charge on any atom is 0.272 e. The van der Waals surface area contributed by atoms with Crippen LogP contribution >= 0.6 is 0 Å². The molecule has 1 aromatic rings. The maximum atomic E-state index is 13.5. The van der Waals surface area contributed by atoms with Gasteiger partial charge in [-0.05, 0) is 19.4 Å². The average Bonchev–Trinajstić information content (AvgIpc) is 2.36. The molecule has 1 aromatic carbocycles. The number of carbonyl (C=O) groups excluding carboxylic acids is 1. The molecule has 0 aliphatic carbocycles. The Morgan fingerprint density at radius 3 is 2.68 bits per heavy atom. The Hall–Kier alpha value is -2.02. The Balaban J connectivity index is 2.81. The number of nitro groups is 1. The van der Waals surface area contributed by atoms with Crippen LogP contribution in [0.3, 0.4) is 0 Å². The van der Waals surface area contributed by atoms with Crippen molar-refractivity contribution in [3.8, 4) is 0 Å². The molecule has 104 valence electrons. The first-order valence-electron chi connectivity index (χ1n) is 5.71. The molecule has 0 aliphatic rings. The van der Waals surface area contributed by atoms with Crippen LogP contribution in [0, 0.1) is 15.9 Å². The van der Waals surface area contributed by atoms with Gasteiger partial charge < -0.3 is 10.4 Å². The molecule has 1 amide bonds. The topological polar surface area (TPSA) is 92.5 Å². The van der Waals surface area contributed by atoms with Crippen LogP contribution < -0.4 is 5.32 Å². The summed E-state index contributed by atoms with van der Waals surface area (Å²) in [6.07, 6.45) is 0.427. The Morgan fingerprint density at radius 2 is 2.21 bits per heavy atom. The Bertz CT molecular complexity index is 503. The van der Waals surface area contributed by atoms with E-state index >= 15 is 0 Å². The van der Waals surface area contributed by atoms with Crippen molar-refractivity contribution < 1.29 is 19.2 Å². The molecule has 7 heteroatoms. The largest absolute Gasteiger partial charge is 0.388 e. The molecule has 2 N–H and O–H groups in total. The SMILES string of the molecule is CCC(C)(O)CNC(=O)c1ccc([N+](=O)[O-])cc1F. The first kappa shape index (κ1) is 15.0. The molecular formula is C12H15FN2O4. The van der Waals surface area contributed by atoms with Gasteiger partial charge in [0.1, 0.15) is 5.82 Å². The Labute approximate surface area is 109 Å². The van der Waals surface area contributed by atoms with Crippen LogP contribution in [0.5, 0.6) is 0 Å². The zero-order chi connectivity index (χ0) is 14.6. The first-order valence-corrected chi connectivity index (χ1v) is 5.71. The fourth-order valence-corrected chi connectivity index (χ4v) is 1.29. The molecule has 1 unspecified atom stereocenters. The van der Waals surface area contributed by atoms with Crippen LogP contribution in [-0.4, -0.2) is 28.1 Å². The highest BCUT2D eigenvalue weighted by Crippen LogP contribution is 2.16. The summed E-state index contributed by atoms with van der Waals surface area (Å²) in [4.78, 5) is 21.4. The summed E-state index contributed by atoms with van der Waals surface area (Å²) in [5, 5.41) is 22.5. The van der Waals surface area contributed by atoms with Crippen LogP contribution in [0.1, 0.15) is 30.6 Å². The fourth-order valence-electron chi connectivity index (χ4n) is 1.29. The molecule has 0 saturated carbocycles. The molecule has 0 heterocycles. The standard InChI is InChI=1S/C12H15FN2O4/c1-3-12(2,17)7-14-11(16)9-5-4-8(15(18)19)6-10(9)13/h4-6,17H,3,7H2,1-2H3,(H,14,16). The molecule has 0 bridgehead atoms. The number of nitro benzene ring substituents is 1. The Morgan fingerprint density at radius 1 is 1.58 bits per heavy atom. The number of non-ortho nitro benzene ring substituents is 1. The van der Waals surface area contributed by atoms with Gasteiger partial charge in [-0.15, -0.1) is 0 Å². The number of benzene rings is 1. The van der Waals surface area contributed by atoms with Gasteiger partial charge in [-0.3, -0.25) is 14.9 Å². The minimum atomic E-state index is -1.08. The third-order valence-corrected chi connectivity index (χ3v) is 2.80. The molecule has 0 aliphatic heterocycles. The number of hydrogen-bond donors (Lipinski definition) is 2. The number of nitrogens with one attached hydrogen (secondary N) is 1. The lowest BCUT2D eigenvalue weighted by molar-refractivity contribution is -0.385. The van der Waals surface area contributed by atoms with Gasteiger partial charge >= 0.3 is 0 Å². The van der Waals surface area contributed by atoms with Gasteiger partial charge in [-0.1, -0.05) is 6.92 Å². The Kier molecular flexibility index (Phi) is 4.55. The molecule has 19 heavy (non-hydrogen) atoms. The van der Waals surface area contributed by atoms with Crippen LogP contribution in [-0.2, 0) is 0 Å². The average molecular weight is 270 g/mol. The van der Waals surface area contributed by atoms with E-state index in [9.17, 15) is 24.4 Å². The predicted octanol–water partition coefficient (Wildman–Crippen LogP) is 1.62. The lowest BCUT2D eigenvalue weighted by Gasteiger charge is -2.21. The molecule has 1 atom stereocenters. The number of halogens is 1. The molecular weight excluding hydrogens is 255 g/mol. The monoisotopic (exact) mass is 270 g/mol. The second kappa shape index (κ2) is 5.75. The third kappa shape index (κ3) is 3.99. The van der Waals surface area contributed by atoms with E-state index in [2.05, 4.69) is 5.32 Å². The van der Waals surface area contributed by atoms with Crippen molar-refractivity contribution in [3.63, 3.8) is 0 Å². The molecule has 0 saturated heterocycles. The molecule has 0 aromatic heterocycles. The number of nitrogens with zero attached hydrogens (tertiary/aromatic N) is 1. The third-order valence-electron chi connectivity index (χ3n) is 2.80. The van der Waals surface area contributed by atoms with E-state index in [-0.39, 0.29) is 12.1 Å². The molecule has 1 rings (SSSR count). The lowest BCUT2D eigenvalue weighted by atomic mass is 10.0. The van der Waals surface area contributed by atoms with Crippen molar-refractivity contribution in [3.05, 3.63) is 39.7 Å². The number of carbonyl (C=O) groups is 1. The van der Waals surface area contributed by atoms with E-state index in [0.717, 1.165) is 12.1 Å². The van der Waals surface area contributed by atoms with Gasteiger partial charge in [-0.25, -0.2) is 4.39 Å². The van der Waals surface area contributed by atoms with E-state index in [0.29, 0.717) is 12.5 Å². The lowest BCUT2D eigenvalue weighted by Crippen LogP contribution is -2.40. The zero-order valence-corrected chi connectivity index (χ0v) is 10.6. The van der Waals surface area contributed by atoms with E-state index in [1.54, 1.807) is 13.8 Å². The van der Waals surface area contributed by atoms with E-state index in [4.69, 9.17) is 0 Å². The van der Waals surface area contributed by atoms with Gasteiger partial charge in [0, 0.05) is 12.6 Å². The molecule has 0 fully saturated rings. The smallest absolute Gasteiger partial charge is 0.272 e. The van der Waals surface area contributed by atoms with Gasteiger partial charge in [0.15, 0.2) is 0 Å². The van der Waals surface area contributed by atoms with E-state index in [1.165, 1.54) is 0 Å². The minimum absolute atomic E-state index is 0.0290. The van der Waals surface area contributed by atoms with E-state index in [1.807, 2.05) is 0 Å². The quantitative estimate of drug-likeness (QED) is 0.628. The highest BCUT2D eigenvalue weighted by Gasteiger charge is 2.21. The minimum Gasteiger partial charge on any atom is -0.388 e. The predicted molar refractivity (Wildman–Crippen MR) is 66.3 cm³/mol. The maximum absolute atomic E-state index is 13.5. The van der Waals surface area contributed by atoms with Crippen molar-refractivity contribution >= 4 is 11.6 Å². The summed E-state index contributed by atoms with van der Waals surface area (Å²) in [6.45, 7) is 3.26. The fraction of sp³-hybridized carbons (Fsp3) is 0.417. The highest BCUT2D eigenvalue weighted by atomic mass is 19.1. The van der Waals surface area contributed by atoms with Crippen molar-refractivity contribution in [1.29, 1.82) is 0 Å². The van der Waals surface area contributed by atoms with Gasteiger partial charge in [-0.2, -0.15) is 0 Å². The first-order chi connectivity index (χ1) is 8.76. The highest BCUT2D eigenvalue weighted by molar-refractivity contribution is 5.94. The van der Waals surface area contributed by atoms with Crippen molar-refractivity contribution in [2.24, 2.45) is 0 Å². The van der Waals surface area contributed by atoms with Gasteiger partial charge in [0.25, 0.3) is 11.6 Å². The molecule has 0 spiro atoms. The number of aliphatic hydroxyl groups is 1.